The molecule has 0 unspecified atom stereocenters. The quantitative estimate of drug-likeness (QED) is 0.895. The van der Waals surface area contributed by atoms with Crippen LogP contribution in [0, 0.1) is 5.92 Å². The molecule has 0 aliphatic heterocycles. The van der Waals surface area contributed by atoms with Crippen LogP contribution in [-0.4, -0.2) is 11.5 Å². The highest BCUT2D eigenvalue weighted by molar-refractivity contribution is 5.57. The van der Waals surface area contributed by atoms with Crippen LogP contribution >= 0.6 is 0 Å². The van der Waals surface area contributed by atoms with Crippen LogP contribution in [0.5, 0.6) is 0 Å². The third-order valence-electron chi connectivity index (χ3n) is 2.81. The molecule has 0 fully saturated rings. The average molecular weight is 258 g/mol. The van der Waals surface area contributed by atoms with Gasteiger partial charge in [0.1, 0.15) is 11.4 Å². The van der Waals surface area contributed by atoms with Gasteiger partial charge in [0.05, 0.1) is 0 Å². The fraction of sp³-hybridized carbons (Fsp3) is 0.333. The van der Waals surface area contributed by atoms with Gasteiger partial charge >= 0.3 is 5.63 Å². The molecule has 0 saturated heterocycles. The normalized spacial score (nSPS) is 10.7. The summed E-state index contributed by atoms with van der Waals surface area (Å²) in [6, 6.07) is 7.21. The number of hydrogen-bond donors (Lipinski definition) is 1. The third kappa shape index (κ3) is 3.68. The zero-order valence-electron chi connectivity index (χ0n) is 11.2. The monoisotopic (exact) mass is 258 g/mol. The molecular weight excluding hydrogens is 240 g/mol. The van der Waals surface area contributed by atoms with Crippen molar-refractivity contribution in [2.75, 3.05) is 11.9 Å². The first-order valence-corrected chi connectivity index (χ1v) is 6.45. The molecule has 4 heteroatoms. The van der Waals surface area contributed by atoms with Crippen molar-refractivity contribution in [2.24, 2.45) is 5.92 Å². The first-order valence-electron chi connectivity index (χ1n) is 6.45. The molecule has 100 valence electrons. The van der Waals surface area contributed by atoms with Gasteiger partial charge in [-0.25, -0.2) is 4.79 Å². The highest BCUT2D eigenvalue weighted by Gasteiger charge is 2.05. The molecule has 1 N–H and O–H groups in total. The van der Waals surface area contributed by atoms with E-state index in [4.69, 9.17) is 4.42 Å². The van der Waals surface area contributed by atoms with Crippen LogP contribution in [0.2, 0.25) is 0 Å². The lowest BCUT2D eigenvalue weighted by Gasteiger charge is -2.07. The standard InChI is InChI=1S/C15H18N2O2/c1-11(2)7-9-17-13-5-6-14(19-15(13)18)12-4-3-8-16-10-12/h3-6,8,10-11,17H,7,9H2,1-2H3. The van der Waals surface area contributed by atoms with Gasteiger partial charge in [0, 0.05) is 24.5 Å². The Balaban J connectivity index is 2.12. The first-order chi connectivity index (χ1) is 9.16. The minimum absolute atomic E-state index is 0.342. The summed E-state index contributed by atoms with van der Waals surface area (Å²) in [6.07, 6.45) is 4.37. The van der Waals surface area contributed by atoms with E-state index in [0.717, 1.165) is 18.5 Å². The molecule has 0 saturated carbocycles. The fourth-order valence-corrected chi connectivity index (χ4v) is 1.71. The van der Waals surface area contributed by atoms with Crippen LogP contribution in [0.25, 0.3) is 11.3 Å². The van der Waals surface area contributed by atoms with E-state index in [-0.39, 0.29) is 5.63 Å². The number of nitrogens with zero attached hydrogens (tertiary/aromatic N) is 1. The molecule has 2 heterocycles. The highest BCUT2D eigenvalue weighted by atomic mass is 16.4. The summed E-state index contributed by atoms with van der Waals surface area (Å²) in [6.45, 7) is 5.07. The maximum absolute atomic E-state index is 11.8. The van der Waals surface area contributed by atoms with E-state index >= 15 is 0 Å². The lowest BCUT2D eigenvalue weighted by atomic mass is 10.1. The molecule has 0 bridgehead atoms. The first kappa shape index (κ1) is 13.3. The van der Waals surface area contributed by atoms with Crippen LogP contribution in [0.4, 0.5) is 5.69 Å². The molecular formula is C15H18N2O2. The highest BCUT2D eigenvalue weighted by Crippen LogP contribution is 2.17. The number of nitrogens with one attached hydrogen (secondary N) is 1. The molecule has 0 aliphatic carbocycles. The van der Waals surface area contributed by atoms with Crippen molar-refractivity contribution in [3.8, 4) is 11.3 Å². The second-order valence-electron chi connectivity index (χ2n) is 4.85. The number of pyridine rings is 1. The SMILES string of the molecule is CC(C)CCNc1ccc(-c2cccnc2)oc1=O. The molecule has 19 heavy (non-hydrogen) atoms. The van der Waals surface area contributed by atoms with Crippen LogP contribution in [-0.2, 0) is 0 Å². The Bertz CT molecular complexity index is 576. The summed E-state index contributed by atoms with van der Waals surface area (Å²) in [4.78, 5) is 15.8. The molecule has 0 radical (unpaired) electrons. The van der Waals surface area contributed by atoms with Gasteiger partial charge in [-0.05, 0) is 36.6 Å². The Morgan fingerprint density at radius 2 is 2.16 bits per heavy atom. The summed E-state index contributed by atoms with van der Waals surface area (Å²) in [5.41, 5.74) is 0.965. The second kappa shape index (κ2) is 6.18. The Morgan fingerprint density at radius 1 is 1.32 bits per heavy atom. The summed E-state index contributed by atoms with van der Waals surface area (Å²) in [5, 5.41) is 3.10. The molecule has 0 atom stereocenters. The molecule has 4 nitrogen and oxygen atoms in total. The van der Waals surface area contributed by atoms with Crippen molar-refractivity contribution in [2.45, 2.75) is 20.3 Å². The van der Waals surface area contributed by atoms with Gasteiger partial charge in [0.2, 0.25) is 0 Å². The number of aromatic nitrogens is 1. The molecule has 0 spiro atoms. The van der Waals surface area contributed by atoms with Crippen molar-refractivity contribution in [3.05, 3.63) is 47.1 Å². The zero-order chi connectivity index (χ0) is 13.7. The average Bonchev–Trinajstić information content (AvgIpc) is 2.41. The van der Waals surface area contributed by atoms with Gasteiger partial charge in [-0.2, -0.15) is 0 Å². The second-order valence-corrected chi connectivity index (χ2v) is 4.85. The lowest BCUT2D eigenvalue weighted by molar-refractivity contribution is 0.526. The van der Waals surface area contributed by atoms with E-state index in [0.29, 0.717) is 17.4 Å². The summed E-state index contributed by atoms with van der Waals surface area (Å²) < 4.78 is 5.29. The van der Waals surface area contributed by atoms with Crippen LogP contribution in [0.15, 0.2) is 45.9 Å². The molecule has 0 amide bonds. The fourth-order valence-electron chi connectivity index (χ4n) is 1.71. The smallest absolute Gasteiger partial charge is 0.359 e. The maximum Gasteiger partial charge on any atom is 0.359 e. The summed E-state index contributed by atoms with van der Waals surface area (Å²) >= 11 is 0. The molecule has 2 rings (SSSR count). The Hall–Kier alpha value is -2.10. The van der Waals surface area contributed by atoms with Crippen molar-refractivity contribution >= 4 is 5.69 Å². The molecule has 2 aromatic rings. The van der Waals surface area contributed by atoms with Gasteiger partial charge in [0.15, 0.2) is 0 Å². The molecule has 0 aromatic carbocycles. The van der Waals surface area contributed by atoms with E-state index < -0.39 is 0 Å². The van der Waals surface area contributed by atoms with Crippen molar-refractivity contribution < 1.29 is 4.42 Å². The Labute approximate surface area is 112 Å². The van der Waals surface area contributed by atoms with E-state index in [2.05, 4.69) is 24.1 Å². The Kier molecular flexibility index (Phi) is 4.34. The van der Waals surface area contributed by atoms with E-state index in [1.54, 1.807) is 24.5 Å². The lowest BCUT2D eigenvalue weighted by Crippen LogP contribution is -2.12. The maximum atomic E-state index is 11.8. The molecule has 0 aliphatic rings. The van der Waals surface area contributed by atoms with E-state index in [1.165, 1.54) is 0 Å². The van der Waals surface area contributed by atoms with Gasteiger partial charge < -0.3 is 9.73 Å². The summed E-state index contributed by atoms with van der Waals surface area (Å²) in [7, 11) is 0. The largest absolute Gasteiger partial charge is 0.421 e. The van der Waals surface area contributed by atoms with Crippen LogP contribution in [0.3, 0.4) is 0 Å². The number of rotatable bonds is 5. The van der Waals surface area contributed by atoms with Gasteiger partial charge in [-0.1, -0.05) is 13.8 Å². The van der Waals surface area contributed by atoms with Crippen molar-refractivity contribution in [1.29, 1.82) is 0 Å². The Morgan fingerprint density at radius 3 is 2.79 bits per heavy atom. The zero-order valence-corrected chi connectivity index (χ0v) is 11.2. The van der Waals surface area contributed by atoms with Crippen molar-refractivity contribution in [1.82, 2.24) is 4.98 Å². The number of anilines is 1. The number of hydrogen-bond acceptors (Lipinski definition) is 4. The topological polar surface area (TPSA) is 55.1 Å². The summed E-state index contributed by atoms with van der Waals surface area (Å²) in [5.74, 6) is 1.14. The third-order valence-corrected chi connectivity index (χ3v) is 2.81. The predicted octanol–water partition coefficient (Wildman–Crippen LogP) is 3.16. The van der Waals surface area contributed by atoms with Gasteiger partial charge in [-0.3, -0.25) is 4.98 Å². The molecule has 2 aromatic heterocycles. The minimum atomic E-state index is -0.342. The van der Waals surface area contributed by atoms with Gasteiger partial charge in [0.25, 0.3) is 0 Å². The van der Waals surface area contributed by atoms with E-state index in [1.807, 2.05) is 12.1 Å². The van der Waals surface area contributed by atoms with E-state index in [9.17, 15) is 4.79 Å². The predicted molar refractivity (Wildman–Crippen MR) is 76.2 cm³/mol. The van der Waals surface area contributed by atoms with Crippen molar-refractivity contribution in [3.63, 3.8) is 0 Å². The van der Waals surface area contributed by atoms with Crippen LogP contribution < -0.4 is 10.9 Å². The van der Waals surface area contributed by atoms with Crippen LogP contribution in [0.1, 0.15) is 20.3 Å². The minimum Gasteiger partial charge on any atom is -0.421 e. The van der Waals surface area contributed by atoms with Gasteiger partial charge in [-0.15, -0.1) is 0 Å².